The molecule has 1 N–H and O–H groups in total. The fourth-order valence-corrected chi connectivity index (χ4v) is 2.38. The second-order valence-corrected chi connectivity index (χ2v) is 4.94. The average molecular weight is 222 g/mol. The third-order valence-corrected chi connectivity index (χ3v) is 3.31. The fourth-order valence-electron chi connectivity index (χ4n) is 2.38. The molecular weight excluding hydrogens is 200 g/mol. The van der Waals surface area contributed by atoms with Gasteiger partial charge < -0.3 is 9.73 Å². The van der Waals surface area contributed by atoms with Crippen molar-refractivity contribution in [2.45, 2.75) is 26.3 Å². The summed E-state index contributed by atoms with van der Waals surface area (Å²) in [5.41, 5.74) is 0. The number of nitrogens with zero attached hydrogens (tertiary/aromatic N) is 1. The Balaban J connectivity index is 1.89. The molecule has 1 fully saturated rings. The van der Waals surface area contributed by atoms with E-state index in [0.29, 0.717) is 6.04 Å². The van der Waals surface area contributed by atoms with Gasteiger partial charge in [-0.05, 0) is 31.5 Å². The van der Waals surface area contributed by atoms with Crippen molar-refractivity contribution in [2.75, 3.05) is 26.2 Å². The molecule has 0 saturated carbocycles. The predicted molar refractivity (Wildman–Crippen MR) is 65.5 cm³/mol. The minimum Gasteiger partial charge on any atom is -0.469 e. The Hall–Kier alpha value is -0.800. The highest BCUT2D eigenvalue weighted by atomic mass is 16.3. The van der Waals surface area contributed by atoms with E-state index in [1.54, 1.807) is 6.26 Å². The lowest BCUT2D eigenvalue weighted by Gasteiger charge is -2.28. The molecule has 16 heavy (non-hydrogen) atoms. The van der Waals surface area contributed by atoms with Crippen LogP contribution in [0.5, 0.6) is 0 Å². The molecule has 1 aromatic rings. The Bertz CT molecular complexity index is 297. The summed E-state index contributed by atoms with van der Waals surface area (Å²) in [4.78, 5) is 2.56. The lowest BCUT2D eigenvalue weighted by atomic mass is 10.1. The van der Waals surface area contributed by atoms with E-state index in [1.165, 1.54) is 6.54 Å². The van der Waals surface area contributed by atoms with Crippen molar-refractivity contribution >= 4 is 0 Å². The van der Waals surface area contributed by atoms with E-state index in [0.717, 1.165) is 37.7 Å². The van der Waals surface area contributed by atoms with Crippen molar-refractivity contribution in [1.29, 1.82) is 0 Å². The zero-order chi connectivity index (χ0) is 11.4. The summed E-state index contributed by atoms with van der Waals surface area (Å²) in [6.45, 7) is 9.18. The Morgan fingerprint density at radius 2 is 2.50 bits per heavy atom. The molecule has 0 aliphatic carbocycles. The van der Waals surface area contributed by atoms with E-state index < -0.39 is 0 Å². The van der Waals surface area contributed by atoms with Crippen LogP contribution in [0, 0.1) is 5.92 Å². The number of hydrogen-bond acceptors (Lipinski definition) is 3. The minimum absolute atomic E-state index is 0.563. The van der Waals surface area contributed by atoms with Crippen molar-refractivity contribution in [2.24, 2.45) is 5.92 Å². The molecule has 0 aromatic carbocycles. The molecule has 2 unspecified atom stereocenters. The summed E-state index contributed by atoms with van der Waals surface area (Å²) in [6, 6.07) is 4.60. The first-order chi connectivity index (χ1) is 7.75. The first-order valence-corrected chi connectivity index (χ1v) is 6.23. The van der Waals surface area contributed by atoms with Crippen molar-refractivity contribution in [3.63, 3.8) is 0 Å². The summed E-state index contributed by atoms with van der Waals surface area (Å²) >= 11 is 0. The second kappa shape index (κ2) is 5.51. The Morgan fingerprint density at radius 1 is 1.62 bits per heavy atom. The van der Waals surface area contributed by atoms with Crippen LogP contribution in [-0.4, -0.2) is 37.1 Å². The quantitative estimate of drug-likeness (QED) is 0.844. The minimum atomic E-state index is 0.563. The van der Waals surface area contributed by atoms with Gasteiger partial charge in [0, 0.05) is 32.1 Å². The highest BCUT2D eigenvalue weighted by Crippen LogP contribution is 2.12. The zero-order valence-corrected chi connectivity index (χ0v) is 10.3. The van der Waals surface area contributed by atoms with Gasteiger partial charge in [0.25, 0.3) is 0 Å². The molecule has 0 spiro atoms. The zero-order valence-electron chi connectivity index (χ0n) is 10.3. The Morgan fingerprint density at radius 3 is 3.25 bits per heavy atom. The summed E-state index contributed by atoms with van der Waals surface area (Å²) in [5, 5.41) is 3.48. The van der Waals surface area contributed by atoms with Crippen molar-refractivity contribution in [3.8, 4) is 0 Å². The molecule has 3 heteroatoms. The van der Waals surface area contributed by atoms with Crippen molar-refractivity contribution in [1.82, 2.24) is 10.2 Å². The number of nitrogens with one attached hydrogen (secondary N) is 1. The molecule has 1 aliphatic heterocycles. The normalized spacial score (nSPS) is 25.2. The smallest absolute Gasteiger partial charge is 0.105 e. The van der Waals surface area contributed by atoms with Gasteiger partial charge in [-0.15, -0.1) is 0 Å². The van der Waals surface area contributed by atoms with E-state index in [9.17, 15) is 0 Å². The van der Waals surface area contributed by atoms with Gasteiger partial charge in [0.15, 0.2) is 0 Å². The van der Waals surface area contributed by atoms with Gasteiger partial charge >= 0.3 is 0 Å². The summed E-state index contributed by atoms with van der Waals surface area (Å²) in [5.74, 6) is 1.83. The molecule has 2 rings (SSSR count). The van der Waals surface area contributed by atoms with Crippen molar-refractivity contribution in [3.05, 3.63) is 24.2 Å². The van der Waals surface area contributed by atoms with Crippen LogP contribution in [0.25, 0.3) is 0 Å². The number of hydrogen-bond donors (Lipinski definition) is 1. The maximum absolute atomic E-state index is 5.41. The maximum Gasteiger partial charge on any atom is 0.105 e. The molecule has 2 atom stereocenters. The molecule has 3 nitrogen and oxygen atoms in total. The van der Waals surface area contributed by atoms with Crippen LogP contribution in [-0.2, 0) is 6.42 Å². The van der Waals surface area contributed by atoms with Crippen LogP contribution < -0.4 is 5.32 Å². The third-order valence-electron chi connectivity index (χ3n) is 3.31. The van der Waals surface area contributed by atoms with E-state index >= 15 is 0 Å². The van der Waals surface area contributed by atoms with Crippen molar-refractivity contribution < 1.29 is 4.42 Å². The Kier molecular flexibility index (Phi) is 4.02. The highest BCUT2D eigenvalue weighted by Gasteiger charge is 2.19. The van der Waals surface area contributed by atoms with Crippen LogP contribution in [0.4, 0.5) is 0 Å². The van der Waals surface area contributed by atoms with E-state index in [-0.39, 0.29) is 0 Å². The molecule has 0 amide bonds. The second-order valence-electron chi connectivity index (χ2n) is 4.94. The van der Waals surface area contributed by atoms with Crippen LogP contribution in [0.15, 0.2) is 22.8 Å². The number of furan rings is 1. The SMILES string of the molecule is CC1CNCCN(C(C)Cc2ccco2)C1. The maximum atomic E-state index is 5.41. The van der Waals surface area contributed by atoms with Gasteiger partial charge in [-0.2, -0.15) is 0 Å². The molecule has 1 aliphatic rings. The third kappa shape index (κ3) is 3.09. The molecule has 0 radical (unpaired) electrons. The van der Waals surface area contributed by atoms with E-state index in [2.05, 4.69) is 30.1 Å². The predicted octanol–water partition coefficient (Wildman–Crippen LogP) is 1.75. The molecule has 90 valence electrons. The average Bonchev–Trinajstić information content (AvgIpc) is 2.65. The number of rotatable bonds is 3. The first-order valence-electron chi connectivity index (χ1n) is 6.23. The van der Waals surface area contributed by atoms with Crippen LogP contribution in [0.2, 0.25) is 0 Å². The van der Waals surface area contributed by atoms with Gasteiger partial charge in [0.2, 0.25) is 0 Å². The Labute approximate surface area is 97.8 Å². The van der Waals surface area contributed by atoms with Gasteiger partial charge in [-0.25, -0.2) is 0 Å². The fraction of sp³-hybridized carbons (Fsp3) is 0.692. The topological polar surface area (TPSA) is 28.4 Å². The largest absolute Gasteiger partial charge is 0.469 e. The summed E-state index contributed by atoms with van der Waals surface area (Å²) < 4.78 is 5.41. The van der Waals surface area contributed by atoms with E-state index in [4.69, 9.17) is 4.42 Å². The lowest BCUT2D eigenvalue weighted by Crippen LogP contribution is -2.38. The molecular formula is C13H22N2O. The highest BCUT2D eigenvalue weighted by molar-refractivity contribution is 5.00. The van der Waals surface area contributed by atoms with Crippen LogP contribution in [0.1, 0.15) is 19.6 Å². The summed E-state index contributed by atoms with van der Waals surface area (Å²) in [6.07, 6.45) is 2.77. The molecule has 2 heterocycles. The first kappa shape index (κ1) is 11.7. The van der Waals surface area contributed by atoms with Crippen LogP contribution in [0.3, 0.4) is 0 Å². The summed E-state index contributed by atoms with van der Waals surface area (Å²) in [7, 11) is 0. The van der Waals surface area contributed by atoms with Gasteiger partial charge in [0.1, 0.15) is 5.76 Å². The van der Waals surface area contributed by atoms with E-state index in [1.807, 2.05) is 6.07 Å². The van der Waals surface area contributed by atoms with Gasteiger partial charge in [0.05, 0.1) is 6.26 Å². The standard InChI is InChI=1S/C13H22N2O/c1-11-9-14-5-6-15(10-11)12(2)8-13-4-3-7-16-13/h3-4,7,11-12,14H,5-6,8-10H2,1-2H3. The molecule has 1 aromatic heterocycles. The molecule has 0 bridgehead atoms. The van der Waals surface area contributed by atoms with Gasteiger partial charge in [-0.1, -0.05) is 6.92 Å². The monoisotopic (exact) mass is 222 g/mol. The lowest BCUT2D eigenvalue weighted by molar-refractivity contribution is 0.195. The molecule has 1 saturated heterocycles. The van der Waals surface area contributed by atoms with Gasteiger partial charge in [-0.3, -0.25) is 4.90 Å². The van der Waals surface area contributed by atoms with Crippen LogP contribution >= 0.6 is 0 Å².